The average molecular weight is 156 g/mol. The molecular weight excluding hydrogens is 153 g/mol. The second-order valence-corrected chi connectivity index (χ2v) is 1.85. The van der Waals surface area contributed by atoms with Crippen LogP contribution in [0, 0.1) is 0 Å². The first-order valence-corrected chi connectivity index (χ1v) is 2.36. The van der Waals surface area contributed by atoms with Crippen molar-refractivity contribution in [2.24, 2.45) is 5.73 Å². The smallest absolute Gasteiger partial charge is 0.409 e. The Bertz CT molecular complexity index is 118. The van der Waals surface area contributed by atoms with Crippen LogP contribution in [-0.2, 0) is 4.74 Å². The van der Waals surface area contributed by atoms with Crippen LogP contribution in [0.2, 0.25) is 0 Å². The first kappa shape index (κ1) is 7.59. The summed E-state index contributed by atoms with van der Waals surface area (Å²) in [4.78, 5) is 9.74. The molecule has 0 radical (unpaired) electrons. The topological polar surface area (TPSA) is 52.3 Å². The van der Waals surface area contributed by atoms with Gasteiger partial charge >= 0.3 is 6.09 Å². The Labute approximate surface area is 56.0 Å². The zero-order chi connectivity index (χ0) is 6.57. The predicted octanol–water partition coefficient (Wildman–Crippen LogP) is 1.36. The Morgan fingerprint density at radius 1 is 1.62 bits per heavy atom. The average Bonchev–Trinajstić information content (AvgIpc) is 1.61. The minimum absolute atomic E-state index is 0.149. The van der Waals surface area contributed by atoms with Gasteiger partial charge in [-0.15, -0.1) is 0 Å². The molecule has 0 fully saturated rings. The SMILES string of the molecule is NC(=O)OC=C(Cl)Cl. The third kappa shape index (κ3) is 5.59. The van der Waals surface area contributed by atoms with Crippen LogP contribution in [-0.4, -0.2) is 6.09 Å². The number of hydrogen-bond donors (Lipinski definition) is 1. The summed E-state index contributed by atoms with van der Waals surface area (Å²) in [6.07, 6.45) is -0.102. The standard InChI is InChI=1S/C3H3Cl2NO2/c4-2(5)1-8-3(6)7/h1H,(H2,6,7). The normalized spacial score (nSPS) is 7.75. The molecular formula is C3H3Cl2NO2. The van der Waals surface area contributed by atoms with Crippen molar-refractivity contribution in [3.63, 3.8) is 0 Å². The van der Waals surface area contributed by atoms with Crippen LogP contribution in [0.5, 0.6) is 0 Å². The first-order valence-electron chi connectivity index (χ1n) is 1.60. The molecule has 0 rings (SSSR count). The first-order chi connectivity index (χ1) is 3.63. The molecule has 46 valence electrons. The van der Waals surface area contributed by atoms with Crippen molar-refractivity contribution < 1.29 is 9.53 Å². The summed E-state index contributed by atoms with van der Waals surface area (Å²) in [6, 6.07) is 0. The van der Waals surface area contributed by atoms with Crippen LogP contribution in [0.1, 0.15) is 0 Å². The molecule has 2 N–H and O–H groups in total. The van der Waals surface area contributed by atoms with Gasteiger partial charge in [-0.1, -0.05) is 23.2 Å². The quantitative estimate of drug-likeness (QED) is 0.582. The van der Waals surface area contributed by atoms with Crippen molar-refractivity contribution in [3.8, 4) is 0 Å². The van der Waals surface area contributed by atoms with Gasteiger partial charge in [0.05, 0.1) is 0 Å². The van der Waals surface area contributed by atoms with Crippen molar-refractivity contribution in [1.82, 2.24) is 0 Å². The summed E-state index contributed by atoms with van der Waals surface area (Å²) in [7, 11) is 0. The molecule has 0 aromatic carbocycles. The summed E-state index contributed by atoms with van der Waals surface area (Å²) in [5.41, 5.74) is 4.52. The van der Waals surface area contributed by atoms with E-state index in [-0.39, 0.29) is 4.49 Å². The maximum atomic E-state index is 9.74. The lowest BCUT2D eigenvalue weighted by Gasteiger charge is -1.87. The number of halogens is 2. The summed E-state index contributed by atoms with van der Waals surface area (Å²) in [5.74, 6) is 0. The van der Waals surface area contributed by atoms with E-state index in [1.54, 1.807) is 0 Å². The van der Waals surface area contributed by atoms with E-state index in [2.05, 4.69) is 10.5 Å². The lowest BCUT2D eigenvalue weighted by molar-refractivity contribution is 0.196. The number of primary amides is 1. The van der Waals surface area contributed by atoms with Gasteiger partial charge in [-0.3, -0.25) is 0 Å². The fourth-order valence-electron chi connectivity index (χ4n) is 0.103. The molecule has 0 bridgehead atoms. The molecule has 0 aliphatic heterocycles. The fourth-order valence-corrected chi connectivity index (χ4v) is 0.192. The van der Waals surface area contributed by atoms with E-state index >= 15 is 0 Å². The Morgan fingerprint density at radius 2 is 2.12 bits per heavy atom. The minimum Gasteiger partial charge on any atom is -0.416 e. The Kier molecular flexibility index (Phi) is 3.39. The number of amides is 1. The Balaban J connectivity index is 3.45. The summed E-state index contributed by atoms with van der Waals surface area (Å²) in [6.45, 7) is 0. The van der Waals surface area contributed by atoms with Crippen LogP contribution >= 0.6 is 23.2 Å². The van der Waals surface area contributed by atoms with Crippen molar-refractivity contribution in [3.05, 3.63) is 10.8 Å². The maximum Gasteiger partial charge on any atom is 0.409 e. The molecule has 0 saturated carbocycles. The molecule has 0 aromatic rings. The van der Waals surface area contributed by atoms with Crippen molar-refractivity contribution in [2.45, 2.75) is 0 Å². The minimum atomic E-state index is -0.941. The highest BCUT2D eigenvalue weighted by Gasteiger charge is 1.87. The summed E-state index contributed by atoms with van der Waals surface area (Å²) < 4.78 is 3.87. The molecule has 8 heavy (non-hydrogen) atoms. The molecule has 0 aromatic heterocycles. The highest BCUT2D eigenvalue weighted by atomic mass is 35.5. The van der Waals surface area contributed by atoms with Gasteiger partial charge in [0, 0.05) is 0 Å². The molecule has 0 saturated heterocycles. The number of nitrogens with two attached hydrogens (primary N) is 1. The van der Waals surface area contributed by atoms with Crippen molar-refractivity contribution in [1.29, 1.82) is 0 Å². The van der Waals surface area contributed by atoms with Crippen LogP contribution in [0.4, 0.5) is 4.79 Å². The van der Waals surface area contributed by atoms with Gasteiger partial charge in [-0.2, -0.15) is 0 Å². The van der Waals surface area contributed by atoms with E-state index in [1.807, 2.05) is 0 Å². The molecule has 3 nitrogen and oxygen atoms in total. The molecule has 0 heterocycles. The van der Waals surface area contributed by atoms with Crippen LogP contribution in [0.15, 0.2) is 10.8 Å². The van der Waals surface area contributed by atoms with Gasteiger partial charge < -0.3 is 10.5 Å². The number of hydrogen-bond acceptors (Lipinski definition) is 2. The molecule has 0 unspecified atom stereocenters. The zero-order valence-corrected chi connectivity index (χ0v) is 5.24. The van der Waals surface area contributed by atoms with Crippen LogP contribution in [0.3, 0.4) is 0 Å². The van der Waals surface area contributed by atoms with Gasteiger partial charge in [0.2, 0.25) is 0 Å². The van der Waals surface area contributed by atoms with Gasteiger partial charge in [0.1, 0.15) is 10.8 Å². The lowest BCUT2D eigenvalue weighted by atomic mass is 11.1. The number of carbonyl (C=O) groups excluding carboxylic acids is 1. The lowest BCUT2D eigenvalue weighted by Crippen LogP contribution is -2.08. The second kappa shape index (κ2) is 3.57. The highest BCUT2D eigenvalue weighted by molar-refractivity contribution is 6.55. The van der Waals surface area contributed by atoms with Crippen molar-refractivity contribution in [2.75, 3.05) is 0 Å². The fraction of sp³-hybridized carbons (Fsp3) is 0. The Morgan fingerprint density at radius 3 is 2.25 bits per heavy atom. The molecule has 0 aliphatic rings. The molecule has 5 heteroatoms. The van der Waals surface area contributed by atoms with Crippen LogP contribution in [0.25, 0.3) is 0 Å². The highest BCUT2D eigenvalue weighted by Crippen LogP contribution is 2.04. The van der Waals surface area contributed by atoms with E-state index in [0.717, 1.165) is 6.26 Å². The molecule has 0 spiro atoms. The largest absolute Gasteiger partial charge is 0.416 e. The molecule has 1 amide bonds. The van der Waals surface area contributed by atoms with E-state index in [0.29, 0.717) is 0 Å². The van der Waals surface area contributed by atoms with Gasteiger partial charge in [0.25, 0.3) is 0 Å². The van der Waals surface area contributed by atoms with E-state index < -0.39 is 6.09 Å². The third-order valence-electron chi connectivity index (χ3n) is 0.264. The predicted molar refractivity (Wildman–Crippen MR) is 30.5 cm³/mol. The zero-order valence-electron chi connectivity index (χ0n) is 3.73. The molecule has 0 atom stereocenters. The van der Waals surface area contributed by atoms with E-state index in [4.69, 9.17) is 23.2 Å². The number of carbonyl (C=O) groups is 1. The van der Waals surface area contributed by atoms with Crippen LogP contribution < -0.4 is 5.73 Å². The second-order valence-electron chi connectivity index (χ2n) is 0.844. The maximum absolute atomic E-state index is 9.74. The Hall–Kier alpha value is -0.410. The van der Waals surface area contributed by atoms with Gasteiger partial charge in [0.15, 0.2) is 0 Å². The van der Waals surface area contributed by atoms with E-state index in [9.17, 15) is 4.79 Å². The van der Waals surface area contributed by atoms with Gasteiger partial charge in [-0.25, -0.2) is 4.79 Å². The monoisotopic (exact) mass is 155 g/mol. The third-order valence-corrected chi connectivity index (χ3v) is 0.442. The van der Waals surface area contributed by atoms with E-state index in [1.165, 1.54) is 0 Å². The van der Waals surface area contributed by atoms with Crippen molar-refractivity contribution >= 4 is 29.3 Å². The molecule has 0 aliphatic carbocycles. The van der Waals surface area contributed by atoms with Gasteiger partial charge in [-0.05, 0) is 0 Å². The number of ether oxygens (including phenoxy) is 1. The number of rotatable bonds is 1. The summed E-state index contributed by atoms with van der Waals surface area (Å²) >= 11 is 10.0. The summed E-state index contributed by atoms with van der Waals surface area (Å²) in [5, 5.41) is 0.